The lowest BCUT2D eigenvalue weighted by atomic mass is 10.3. The molecule has 4 nitrogen and oxygen atoms in total. The van der Waals surface area contributed by atoms with Gasteiger partial charge in [0.15, 0.2) is 5.76 Å². The van der Waals surface area contributed by atoms with Crippen molar-refractivity contribution in [1.82, 2.24) is 15.4 Å². The number of hydrogen-bond acceptors (Lipinski definition) is 4. The minimum Gasteiger partial charge on any atom is -0.360 e. The molecule has 0 spiro atoms. The van der Waals surface area contributed by atoms with Crippen molar-refractivity contribution in [3.63, 3.8) is 0 Å². The fourth-order valence-electron chi connectivity index (χ4n) is 1.36. The molecule has 0 unspecified atom stereocenters. The Bertz CT molecular complexity index is 256. The summed E-state index contributed by atoms with van der Waals surface area (Å²) in [4.78, 5) is 2.31. The van der Waals surface area contributed by atoms with Gasteiger partial charge in [-0.2, -0.15) is 0 Å². The third-order valence-electron chi connectivity index (χ3n) is 2.24. The average molecular weight is 197 g/mol. The quantitative estimate of drug-likeness (QED) is 0.745. The summed E-state index contributed by atoms with van der Waals surface area (Å²) in [6, 6.07) is 2.01. The van der Waals surface area contributed by atoms with Crippen molar-refractivity contribution < 1.29 is 4.52 Å². The number of hydrogen-bond donors (Lipinski definition) is 1. The molecule has 0 radical (unpaired) electrons. The summed E-state index contributed by atoms with van der Waals surface area (Å²) in [5.41, 5.74) is 1.01. The van der Waals surface area contributed by atoms with Crippen molar-refractivity contribution in [3.05, 3.63) is 17.5 Å². The van der Waals surface area contributed by atoms with Gasteiger partial charge in [-0.05, 0) is 20.1 Å². The maximum atomic E-state index is 5.16. The Balaban J connectivity index is 2.49. The van der Waals surface area contributed by atoms with E-state index >= 15 is 0 Å². The van der Waals surface area contributed by atoms with Crippen LogP contribution < -0.4 is 5.32 Å². The van der Waals surface area contributed by atoms with Crippen molar-refractivity contribution in [1.29, 1.82) is 0 Å². The fraction of sp³-hybridized carbons (Fsp3) is 0.700. The third kappa shape index (κ3) is 3.12. The van der Waals surface area contributed by atoms with Crippen molar-refractivity contribution in [2.24, 2.45) is 0 Å². The molecule has 4 heteroatoms. The van der Waals surface area contributed by atoms with Gasteiger partial charge in [0, 0.05) is 12.6 Å². The van der Waals surface area contributed by atoms with Gasteiger partial charge in [0.1, 0.15) is 0 Å². The largest absolute Gasteiger partial charge is 0.360 e. The van der Waals surface area contributed by atoms with Crippen LogP contribution in [-0.4, -0.2) is 30.2 Å². The van der Waals surface area contributed by atoms with Gasteiger partial charge in [0.2, 0.25) is 0 Å². The number of aromatic nitrogens is 1. The zero-order valence-corrected chi connectivity index (χ0v) is 9.21. The monoisotopic (exact) mass is 197 g/mol. The van der Waals surface area contributed by atoms with Crippen LogP contribution in [0.5, 0.6) is 0 Å². The predicted molar refractivity (Wildman–Crippen MR) is 55.9 cm³/mol. The Morgan fingerprint density at radius 1 is 1.43 bits per heavy atom. The molecule has 0 saturated heterocycles. The molecule has 1 aromatic rings. The smallest absolute Gasteiger partial charge is 0.150 e. The van der Waals surface area contributed by atoms with Gasteiger partial charge in [-0.3, -0.25) is 4.90 Å². The van der Waals surface area contributed by atoms with Crippen LogP contribution in [0.4, 0.5) is 0 Å². The van der Waals surface area contributed by atoms with E-state index in [1.807, 2.05) is 13.1 Å². The second kappa shape index (κ2) is 5.78. The Morgan fingerprint density at radius 3 is 2.71 bits per heavy atom. The van der Waals surface area contributed by atoms with Crippen molar-refractivity contribution in [2.75, 3.05) is 20.1 Å². The molecule has 1 N–H and O–H groups in total. The summed E-state index contributed by atoms with van der Waals surface area (Å²) in [5.74, 6) is 0.898. The van der Waals surface area contributed by atoms with Crippen molar-refractivity contribution in [2.45, 2.75) is 26.9 Å². The Hall–Kier alpha value is -0.870. The van der Waals surface area contributed by atoms with E-state index in [2.05, 4.69) is 29.2 Å². The second-order valence-electron chi connectivity index (χ2n) is 3.28. The lowest BCUT2D eigenvalue weighted by Gasteiger charge is -2.15. The molecule has 0 aliphatic rings. The van der Waals surface area contributed by atoms with Gasteiger partial charge in [-0.1, -0.05) is 19.0 Å². The average Bonchev–Trinajstić information content (AvgIpc) is 2.63. The van der Waals surface area contributed by atoms with Crippen LogP contribution in [0.2, 0.25) is 0 Å². The van der Waals surface area contributed by atoms with Crippen molar-refractivity contribution in [3.8, 4) is 0 Å². The van der Waals surface area contributed by atoms with E-state index in [-0.39, 0.29) is 0 Å². The van der Waals surface area contributed by atoms with Crippen LogP contribution in [0.25, 0.3) is 0 Å². The molecular weight excluding hydrogens is 178 g/mol. The minimum atomic E-state index is 0.741. The van der Waals surface area contributed by atoms with Gasteiger partial charge < -0.3 is 9.84 Å². The highest BCUT2D eigenvalue weighted by atomic mass is 16.5. The summed E-state index contributed by atoms with van der Waals surface area (Å²) in [6.07, 6.45) is 0. The molecule has 1 aromatic heterocycles. The maximum absolute atomic E-state index is 5.16. The fourth-order valence-corrected chi connectivity index (χ4v) is 1.36. The first-order valence-electron chi connectivity index (χ1n) is 5.11. The molecule has 0 bridgehead atoms. The summed E-state index contributed by atoms with van der Waals surface area (Å²) >= 11 is 0. The first kappa shape index (κ1) is 11.2. The molecule has 80 valence electrons. The Kier molecular flexibility index (Phi) is 4.62. The molecule has 1 rings (SSSR count). The van der Waals surface area contributed by atoms with E-state index in [1.165, 1.54) is 0 Å². The zero-order valence-electron chi connectivity index (χ0n) is 9.21. The normalized spacial score (nSPS) is 11.1. The predicted octanol–water partition coefficient (Wildman–Crippen LogP) is 1.24. The summed E-state index contributed by atoms with van der Waals surface area (Å²) < 4.78 is 5.16. The molecule has 0 aliphatic carbocycles. The lowest BCUT2D eigenvalue weighted by molar-refractivity contribution is 0.281. The van der Waals surface area contributed by atoms with Gasteiger partial charge in [-0.25, -0.2) is 0 Å². The third-order valence-corrected chi connectivity index (χ3v) is 2.24. The van der Waals surface area contributed by atoms with Crippen LogP contribution in [0.15, 0.2) is 10.6 Å². The standard InChI is InChI=1S/C10H19N3O/c1-4-13(5-2)8-9-6-10(7-11-3)14-12-9/h6,11H,4-5,7-8H2,1-3H3. The van der Waals surface area contributed by atoms with E-state index in [0.29, 0.717) is 0 Å². The van der Waals surface area contributed by atoms with Gasteiger partial charge >= 0.3 is 0 Å². The van der Waals surface area contributed by atoms with Gasteiger partial charge in [0.05, 0.1) is 12.2 Å². The van der Waals surface area contributed by atoms with E-state index in [4.69, 9.17) is 4.52 Å². The van der Waals surface area contributed by atoms with E-state index < -0.39 is 0 Å². The molecule has 0 saturated carbocycles. The van der Waals surface area contributed by atoms with Crippen LogP contribution in [-0.2, 0) is 13.1 Å². The molecule has 0 amide bonds. The van der Waals surface area contributed by atoms with Crippen LogP contribution in [0, 0.1) is 0 Å². The summed E-state index contributed by atoms with van der Waals surface area (Å²) in [6.45, 7) is 8.01. The highest BCUT2D eigenvalue weighted by molar-refractivity contribution is 5.04. The van der Waals surface area contributed by atoms with Crippen LogP contribution in [0.1, 0.15) is 25.3 Å². The molecule has 0 fully saturated rings. The topological polar surface area (TPSA) is 41.3 Å². The Morgan fingerprint density at radius 2 is 2.14 bits per heavy atom. The number of nitrogens with zero attached hydrogens (tertiary/aromatic N) is 2. The van der Waals surface area contributed by atoms with E-state index in [1.54, 1.807) is 0 Å². The maximum Gasteiger partial charge on any atom is 0.150 e. The first-order chi connectivity index (χ1) is 6.80. The number of rotatable bonds is 6. The highest BCUT2D eigenvalue weighted by Crippen LogP contribution is 2.06. The molecule has 0 aromatic carbocycles. The lowest BCUT2D eigenvalue weighted by Crippen LogP contribution is -2.22. The number of nitrogens with one attached hydrogen (secondary N) is 1. The zero-order chi connectivity index (χ0) is 10.4. The second-order valence-corrected chi connectivity index (χ2v) is 3.28. The van der Waals surface area contributed by atoms with Crippen LogP contribution >= 0.6 is 0 Å². The molecule has 0 atom stereocenters. The van der Waals surface area contributed by atoms with Gasteiger partial charge in [-0.15, -0.1) is 0 Å². The van der Waals surface area contributed by atoms with E-state index in [0.717, 1.165) is 37.6 Å². The van der Waals surface area contributed by atoms with Crippen molar-refractivity contribution >= 4 is 0 Å². The minimum absolute atomic E-state index is 0.741. The molecule has 14 heavy (non-hydrogen) atoms. The van der Waals surface area contributed by atoms with Gasteiger partial charge in [0.25, 0.3) is 0 Å². The summed E-state index contributed by atoms with van der Waals surface area (Å²) in [7, 11) is 1.90. The first-order valence-corrected chi connectivity index (χ1v) is 5.11. The highest BCUT2D eigenvalue weighted by Gasteiger charge is 2.06. The van der Waals surface area contributed by atoms with E-state index in [9.17, 15) is 0 Å². The SMILES string of the molecule is CCN(CC)Cc1cc(CNC)on1. The Labute approximate surface area is 85.3 Å². The van der Waals surface area contributed by atoms with Crippen LogP contribution in [0.3, 0.4) is 0 Å². The molecular formula is C10H19N3O. The summed E-state index contributed by atoms with van der Waals surface area (Å²) in [5, 5.41) is 7.05. The molecule has 0 aliphatic heterocycles. The molecule has 1 heterocycles.